The first-order valence-corrected chi connectivity index (χ1v) is 10.3. The number of halogens is 1. The summed E-state index contributed by atoms with van der Waals surface area (Å²) >= 11 is 5.94. The zero-order valence-corrected chi connectivity index (χ0v) is 17.8. The second-order valence-electron chi connectivity index (χ2n) is 7.22. The fourth-order valence-corrected chi connectivity index (χ4v) is 4.48. The molecule has 0 aliphatic carbocycles. The number of H-pyrrole nitrogens is 1. The molecular weight excluding hydrogens is 420 g/mol. The van der Waals surface area contributed by atoms with E-state index < -0.39 is 29.9 Å². The summed E-state index contributed by atoms with van der Waals surface area (Å²) in [7, 11) is 2.58. The van der Waals surface area contributed by atoms with E-state index in [1.165, 1.54) is 19.1 Å². The summed E-state index contributed by atoms with van der Waals surface area (Å²) in [6.07, 6.45) is 0.269. The number of para-hydroxylation sites is 1. The van der Waals surface area contributed by atoms with Crippen LogP contribution in [0, 0.1) is 0 Å². The lowest BCUT2D eigenvalue weighted by Crippen LogP contribution is -2.52. The van der Waals surface area contributed by atoms with Gasteiger partial charge in [-0.25, -0.2) is 9.59 Å². The predicted octanol–water partition coefficient (Wildman–Crippen LogP) is 3.21. The quantitative estimate of drug-likeness (QED) is 0.497. The summed E-state index contributed by atoms with van der Waals surface area (Å²) in [5, 5.41) is 0.949. The number of aromatic nitrogens is 1. The topological polar surface area (TPSA) is 88.7 Å². The molecule has 1 aliphatic rings. The molecule has 0 radical (unpaired) electrons. The average Bonchev–Trinajstić information content (AvgIpc) is 3.19. The van der Waals surface area contributed by atoms with E-state index in [1.807, 2.05) is 24.3 Å². The minimum atomic E-state index is -0.890. The molecule has 7 nitrogen and oxygen atoms in total. The third kappa shape index (κ3) is 3.45. The van der Waals surface area contributed by atoms with Crippen LogP contribution in [0.15, 0.2) is 48.5 Å². The normalized spacial score (nSPS) is 17.8. The minimum Gasteiger partial charge on any atom is -0.467 e. The van der Waals surface area contributed by atoms with E-state index in [1.54, 1.807) is 24.3 Å². The molecule has 2 aromatic carbocycles. The number of methoxy groups -OCH3 is 2. The van der Waals surface area contributed by atoms with Gasteiger partial charge >= 0.3 is 11.9 Å². The third-order valence-electron chi connectivity index (χ3n) is 5.67. The van der Waals surface area contributed by atoms with Crippen LogP contribution in [-0.2, 0) is 25.5 Å². The van der Waals surface area contributed by atoms with Gasteiger partial charge in [-0.2, -0.15) is 0 Å². The van der Waals surface area contributed by atoms with Crippen molar-refractivity contribution in [3.8, 4) is 0 Å². The zero-order chi connectivity index (χ0) is 22.1. The lowest BCUT2D eigenvalue weighted by atomic mass is 9.86. The van der Waals surface area contributed by atoms with Crippen LogP contribution >= 0.6 is 11.6 Å². The SMILES string of the molecule is COC(=O)c1ccccc1[C@H]1c2[nH]c3ccccc3c2C[C@H](C(=O)OC)N1C(=O)CCl. The van der Waals surface area contributed by atoms with Crippen molar-refractivity contribution < 1.29 is 23.9 Å². The smallest absolute Gasteiger partial charge is 0.338 e. The molecule has 160 valence electrons. The number of rotatable bonds is 4. The molecule has 2 heterocycles. The lowest BCUT2D eigenvalue weighted by Gasteiger charge is -2.41. The zero-order valence-electron chi connectivity index (χ0n) is 17.1. The molecule has 0 spiro atoms. The Kier molecular flexibility index (Phi) is 5.69. The Balaban J connectivity index is 2.03. The van der Waals surface area contributed by atoms with Crippen molar-refractivity contribution in [2.45, 2.75) is 18.5 Å². The first-order valence-electron chi connectivity index (χ1n) is 9.73. The number of aromatic amines is 1. The highest BCUT2D eigenvalue weighted by Crippen LogP contribution is 2.42. The number of esters is 2. The van der Waals surface area contributed by atoms with Gasteiger partial charge in [0.05, 0.1) is 25.8 Å². The molecule has 0 fully saturated rings. The van der Waals surface area contributed by atoms with Gasteiger partial charge in [0.15, 0.2) is 0 Å². The van der Waals surface area contributed by atoms with E-state index in [-0.39, 0.29) is 12.3 Å². The van der Waals surface area contributed by atoms with Crippen LogP contribution < -0.4 is 0 Å². The van der Waals surface area contributed by atoms with Gasteiger partial charge in [0.25, 0.3) is 0 Å². The van der Waals surface area contributed by atoms with Crippen LogP contribution in [0.1, 0.15) is 33.2 Å². The number of alkyl halides is 1. The third-order valence-corrected chi connectivity index (χ3v) is 5.90. The van der Waals surface area contributed by atoms with Gasteiger partial charge in [-0.05, 0) is 23.3 Å². The molecule has 31 heavy (non-hydrogen) atoms. The molecule has 3 aromatic rings. The number of hydrogen-bond donors (Lipinski definition) is 1. The Morgan fingerprint density at radius 1 is 1.06 bits per heavy atom. The number of fused-ring (bicyclic) bond motifs is 3. The monoisotopic (exact) mass is 440 g/mol. The van der Waals surface area contributed by atoms with Crippen molar-refractivity contribution in [2.24, 2.45) is 0 Å². The molecule has 4 rings (SSSR count). The highest BCUT2D eigenvalue weighted by molar-refractivity contribution is 6.27. The number of amides is 1. The van der Waals surface area contributed by atoms with E-state index in [4.69, 9.17) is 21.1 Å². The maximum atomic E-state index is 13.0. The van der Waals surface area contributed by atoms with Crippen LogP contribution in [0.2, 0.25) is 0 Å². The Hall–Kier alpha value is -3.32. The summed E-state index contributed by atoms with van der Waals surface area (Å²) in [5.41, 5.74) is 3.34. The highest BCUT2D eigenvalue weighted by Gasteiger charge is 2.44. The van der Waals surface area contributed by atoms with Crippen LogP contribution in [0.3, 0.4) is 0 Å². The van der Waals surface area contributed by atoms with Gasteiger partial charge in [0, 0.05) is 23.0 Å². The molecule has 1 aliphatic heterocycles. The van der Waals surface area contributed by atoms with Crippen molar-refractivity contribution in [1.29, 1.82) is 0 Å². The lowest BCUT2D eigenvalue weighted by molar-refractivity contribution is -0.154. The second kappa shape index (κ2) is 8.43. The minimum absolute atomic E-state index is 0.269. The molecule has 8 heteroatoms. The summed E-state index contributed by atoms with van der Waals surface area (Å²) in [5.74, 6) is -1.84. The Labute approximate surface area is 183 Å². The van der Waals surface area contributed by atoms with Gasteiger partial charge < -0.3 is 19.4 Å². The van der Waals surface area contributed by atoms with Crippen molar-refractivity contribution >= 4 is 40.3 Å². The molecule has 1 N–H and O–H groups in total. The molecule has 1 amide bonds. The van der Waals surface area contributed by atoms with E-state index >= 15 is 0 Å². The fourth-order valence-electron chi connectivity index (χ4n) is 4.34. The first-order chi connectivity index (χ1) is 15.0. The van der Waals surface area contributed by atoms with Crippen LogP contribution in [0.25, 0.3) is 10.9 Å². The highest BCUT2D eigenvalue weighted by atomic mass is 35.5. The Morgan fingerprint density at radius 3 is 2.48 bits per heavy atom. The maximum absolute atomic E-state index is 13.0. The molecule has 0 saturated heterocycles. The number of nitrogens with zero attached hydrogens (tertiary/aromatic N) is 1. The molecular formula is C23H21ClN2O5. The number of ether oxygens (including phenoxy) is 2. The molecule has 0 bridgehead atoms. The molecule has 2 atom stereocenters. The van der Waals surface area contributed by atoms with E-state index in [0.29, 0.717) is 11.1 Å². The van der Waals surface area contributed by atoms with E-state index in [9.17, 15) is 14.4 Å². The van der Waals surface area contributed by atoms with Crippen LogP contribution in [0.4, 0.5) is 0 Å². The number of carbonyl (C=O) groups excluding carboxylic acids is 3. The van der Waals surface area contributed by atoms with Gasteiger partial charge in [-0.3, -0.25) is 4.79 Å². The Morgan fingerprint density at radius 2 is 1.77 bits per heavy atom. The van der Waals surface area contributed by atoms with Gasteiger partial charge in [-0.15, -0.1) is 11.6 Å². The molecule has 1 aromatic heterocycles. The standard InChI is InChI=1S/C23H21ClN2O5/c1-30-22(28)15-9-4-3-8-14(15)21-20-16(13-7-5-6-10-17(13)25-20)11-18(23(29)31-2)26(21)19(27)12-24/h3-10,18,21,25H,11-12H2,1-2H3/t18-,21+/m1/s1. The van der Waals surface area contributed by atoms with Crippen molar-refractivity contribution in [2.75, 3.05) is 20.1 Å². The fraction of sp³-hybridized carbons (Fsp3) is 0.261. The van der Waals surface area contributed by atoms with E-state index in [2.05, 4.69) is 4.98 Å². The number of carbonyl (C=O) groups is 3. The summed E-state index contributed by atoms with van der Waals surface area (Å²) in [6, 6.07) is 12.9. The maximum Gasteiger partial charge on any atom is 0.338 e. The van der Waals surface area contributed by atoms with E-state index in [0.717, 1.165) is 22.2 Å². The van der Waals surface area contributed by atoms with Crippen molar-refractivity contribution in [3.63, 3.8) is 0 Å². The summed E-state index contributed by atoms with van der Waals surface area (Å²) in [6.45, 7) is 0. The van der Waals surface area contributed by atoms with Crippen LogP contribution in [-0.4, -0.2) is 53.9 Å². The number of hydrogen-bond acceptors (Lipinski definition) is 5. The average molecular weight is 441 g/mol. The van der Waals surface area contributed by atoms with Gasteiger partial charge in [0.1, 0.15) is 11.9 Å². The second-order valence-corrected chi connectivity index (χ2v) is 7.49. The predicted molar refractivity (Wildman–Crippen MR) is 115 cm³/mol. The number of benzene rings is 2. The van der Waals surface area contributed by atoms with Gasteiger partial charge in [-0.1, -0.05) is 36.4 Å². The summed E-state index contributed by atoms with van der Waals surface area (Å²) in [4.78, 5) is 43.1. The summed E-state index contributed by atoms with van der Waals surface area (Å²) < 4.78 is 9.99. The largest absolute Gasteiger partial charge is 0.467 e. The van der Waals surface area contributed by atoms with Crippen molar-refractivity contribution in [1.82, 2.24) is 9.88 Å². The first kappa shape index (κ1) is 20.9. The Bertz CT molecular complexity index is 1170. The van der Waals surface area contributed by atoms with Gasteiger partial charge in [0.2, 0.25) is 5.91 Å². The van der Waals surface area contributed by atoms with Crippen molar-refractivity contribution in [3.05, 3.63) is 70.9 Å². The molecule has 0 saturated carbocycles. The molecule has 0 unspecified atom stereocenters. The van der Waals surface area contributed by atoms with Crippen LogP contribution in [0.5, 0.6) is 0 Å². The number of nitrogens with one attached hydrogen (secondary N) is 1.